The lowest BCUT2D eigenvalue weighted by atomic mass is 9.41. The van der Waals surface area contributed by atoms with E-state index in [2.05, 4.69) is 39.5 Å². The molecule has 296 valence electrons. The first-order chi connectivity index (χ1) is 24.5. The number of amides is 1. The molecule has 0 aromatic carbocycles. The number of rotatable bonds is 8. The average Bonchev–Trinajstić information content (AvgIpc) is 3.73. The fourth-order valence-corrected chi connectivity index (χ4v) is 14.9. The second-order valence-corrected chi connectivity index (χ2v) is 20.2. The van der Waals surface area contributed by atoms with E-state index in [1.54, 1.807) is 0 Å². The van der Waals surface area contributed by atoms with Crippen LogP contribution >= 0.6 is 0 Å². The fraction of sp³-hybridized carbons (Fsp3) is 0.976. The summed E-state index contributed by atoms with van der Waals surface area (Å²) in [6, 6.07) is 0. The molecule has 0 aromatic rings. The SMILES string of the molecule is CCO[C@@H]([C@H]1C[C@@H](C)[C@H]2[C@H](O1)[C@H](O)[C@@]1(C)[C@@H]3CC[C@H]4C(C)(C)[C@@H](O[C@H]5CN(CC(=O)N6CCOCC6)CCO5)CCC45CC35CC[C@]21C)C(C)(C)O. The Hall–Kier alpha value is -0.850. The molecule has 10 heteroatoms. The van der Waals surface area contributed by atoms with E-state index in [9.17, 15) is 15.0 Å². The topological polar surface area (TPSA) is 110 Å². The number of carbonyl (C=O) groups is 1. The summed E-state index contributed by atoms with van der Waals surface area (Å²) in [6.45, 7) is 23.3. The highest BCUT2D eigenvalue weighted by molar-refractivity contribution is 5.78. The average molecular weight is 731 g/mol. The van der Waals surface area contributed by atoms with Crippen LogP contribution < -0.4 is 0 Å². The third kappa shape index (κ3) is 5.48. The molecule has 52 heavy (non-hydrogen) atoms. The minimum Gasteiger partial charge on any atom is -0.390 e. The molecule has 0 radical (unpaired) electrons. The predicted molar refractivity (Wildman–Crippen MR) is 196 cm³/mol. The lowest BCUT2D eigenvalue weighted by Gasteiger charge is -2.64. The third-order valence-corrected chi connectivity index (χ3v) is 17.3. The molecule has 5 saturated carbocycles. The van der Waals surface area contributed by atoms with Gasteiger partial charge in [0.2, 0.25) is 5.91 Å². The van der Waals surface area contributed by atoms with E-state index >= 15 is 0 Å². The van der Waals surface area contributed by atoms with Gasteiger partial charge in [-0.1, -0.05) is 34.6 Å². The monoisotopic (exact) mass is 731 g/mol. The molecule has 8 fully saturated rings. The molecule has 5 aliphatic carbocycles. The second-order valence-electron chi connectivity index (χ2n) is 20.2. The second kappa shape index (κ2) is 13.1. The van der Waals surface area contributed by atoms with Crippen LogP contribution in [-0.4, -0.2) is 127 Å². The summed E-state index contributed by atoms with van der Waals surface area (Å²) in [4.78, 5) is 17.1. The summed E-state index contributed by atoms with van der Waals surface area (Å²) >= 11 is 0. The van der Waals surface area contributed by atoms with Gasteiger partial charge >= 0.3 is 0 Å². The lowest BCUT2D eigenvalue weighted by Crippen LogP contribution is -2.60. The van der Waals surface area contributed by atoms with Crippen molar-refractivity contribution in [3.8, 4) is 0 Å². The smallest absolute Gasteiger partial charge is 0.236 e. The first kappa shape index (κ1) is 38.0. The molecule has 3 aliphatic heterocycles. The van der Waals surface area contributed by atoms with Crippen molar-refractivity contribution < 1.29 is 38.7 Å². The summed E-state index contributed by atoms with van der Waals surface area (Å²) in [5.41, 5.74) is -0.696. The normalized spacial score (nSPS) is 49.2. The number of aliphatic hydroxyl groups excluding tert-OH is 1. The Morgan fingerprint density at radius 3 is 2.40 bits per heavy atom. The summed E-state index contributed by atoms with van der Waals surface area (Å²) in [5.74, 6) is 1.88. The molecule has 0 aromatic heterocycles. The van der Waals surface area contributed by atoms with E-state index in [1.807, 2.05) is 25.7 Å². The van der Waals surface area contributed by atoms with Crippen molar-refractivity contribution in [1.82, 2.24) is 9.80 Å². The Kier molecular flexibility index (Phi) is 9.59. The van der Waals surface area contributed by atoms with Crippen molar-refractivity contribution in [3.05, 3.63) is 0 Å². The van der Waals surface area contributed by atoms with Gasteiger partial charge in [-0.3, -0.25) is 9.69 Å². The quantitative estimate of drug-likeness (QED) is 0.362. The Balaban J connectivity index is 0.972. The van der Waals surface area contributed by atoms with Gasteiger partial charge in [-0.15, -0.1) is 0 Å². The molecule has 0 bridgehead atoms. The first-order valence-corrected chi connectivity index (χ1v) is 21.1. The van der Waals surface area contributed by atoms with Crippen molar-refractivity contribution >= 4 is 5.91 Å². The number of carbonyl (C=O) groups excluding carboxylic acids is 1. The number of fused-ring (bicyclic) bond motifs is 4. The minimum absolute atomic E-state index is 0.00213. The van der Waals surface area contributed by atoms with Crippen LogP contribution in [0.25, 0.3) is 0 Å². The molecule has 2 unspecified atom stereocenters. The zero-order valence-electron chi connectivity index (χ0n) is 33.5. The molecular weight excluding hydrogens is 660 g/mol. The molecule has 8 aliphatic rings. The molecule has 10 nitrogen and oxygen atoms in total. The lowest BCUT2D eigenvalue weighted by molar-refractivity contribution is -0.248. The molecule has 1 amide bonds. The van der Waals surface area contributed by atoms with Gasteiger partial charge in [0, 0.05) is 31.7 Å². The minimum atomic E-state index is -1.03. The number of hydrogen-bond donors (Lipinski definition) is 2. The molecule has 3 heterocycles. The Labute approximate surface area is 312 Å². The summed E-state index contributed by atoms with van der Waals surface area (Å²) < 4.78 is 31.7. The Morgan fingerprint density at radius 1 is 0.981 bits per heavy atom. The standard InChI is InChI=1S/C42H70N2O8/c1-9-49-36(38(5,6)47)27-22-26(2)33-34(51-27)35(46)40(8)29-11-10-28-37(3,4)30(12-13-41(28)25-42(29,41)15-14-39(33,40)7)52-32-24-43(16-21-50-32)23-31(45)44-17-19-48-20-18-44/h26-30,32-36,46-47H,9-25H2,1-8H3/t26-,27-,28+,29+,30+,32+,33+,34+,35+,36+,39-,40-,41?,42?/m1/s1. The van der Waals surface area contributed by atoms with Gasteiger partial charge in [0.05, 0.1) is 62.9 Å². The van der Waals surface area contributed by atoms with Gasteiger partial charge in [0.15, 0.2) is 6.29 Å². The number of aliphatic hydroxyl groups is 2. The highest BCUT2D eigenvalue weighted by Crippen LogP contribution is 2.89. The first-order valence-electron chi connectivity index (χ1n) is 21.1. The van der Waals surface area contributed by atoms with Crippen LogP contribution in [0.15, 0.2) is 0 Å². The van der Waals surface area contributed by atoms with Crippen LogP contribution in [0.3, 0.4) is 0 Å². The molecule has 8 rings (SSSR count). The van der Waals surface area contributed by atoms with Crippen molar-refractivity contribution in [3.63, 3.8) is 0 Å². The Morgan fingerprint density at radius 2 is 1.69 bits per heavy atom. The van der Waals surface area contributed by atoms with E-state index in [0.29, 0.717) is 75.8 Å². The Bertz CT molecular complexity index is 1350. The highest BCUT2D eigenvalue weighted by atomic mass is 16.7. The van der Waals surface area contributed by atoms with Gasteiger partial charge in [0.1, 0.15) is 6.10 Å². The number of morpholine rings is 2. The summed E-state index contributed by atoms with van der Waals surface area (Å²) in [6.07, 6.45) is 7.39. The van der Waals surface area contributed by atoms with Gasteiger partial charge in [-0.2, -0.15) is 0 Å². The van der Waals surface area contributed by atoms with Gasteiger partial charge in [-0.05, 0) is 117 Å². The van der Waals surface area contributed by atoms with Crippen molar-refractivity contribution in [2.24, 2.45) is 50.7 Å². The molecule has 14 atom stereocenters. The molecule has 3 saturated heterocycles. The number of nitrogens with zero attached hydrogens (tertiary/aromatic N) is 2. The van der Waals surface area contributed by atoms with Crippen molar-refractivity contribution in [2.75, 3.05) is 59.2 Å². The largest absolute Gasteiger partial charge is 0.390 e. The number of ether oxygens (including phenoxy) is 5. The zero-order chi connectivity index (χ0) is 37.1. The van der Waals surface area contributed by atoms with Crippen molar-refractivity contribution in [1.29, 1.82) is 0 Å². The predicted octanol–water partition coefficient (Wildman–Crippen LogP) is 4.88. The van der Waals surface area contributed by atoms with Crippen LogP contribution in [0.5, 0.6) is 0 Å². The maximum atomic E-state index is 13.0. The van der Waals surface area contributed by atoms with Crippen molar-refractivity contribution in [2.45, 2.75) is 149 Å². The van der Waals surface area contributed by atoms with Gasteiger partial charge in [0.25, 0.3) is 0 Å². The van der Waals surface area contributed by atoms with E-state index in [-0.39, 0.29) is 58.1 Å². The van der Waals surface area contributed by atoms with Gasteiger partial charge < -0.3 is 38.8 Å². The summed E-state index contributed by atoms with van der Waals surface area (Å²) in [7, 11) is 0. The van der Waals surface area contributed by atoms with E-state index in [4.69, 9.17) is 23.7 Å². The van der Waals surface area contributed by atoms with Crippen LogP contribution in [0.1, 0.15) is 107 Å². The van der Waals surface area contributed by atoms with E-state index in [0.717, 1.165) is 32.2 Å². The van der Waals surface area contributed by atoms with E-state index in [1.165, 1.54) is 25.7 Å². The summed E-state index contributed by atoms with van der Waals surface area (Å²) in [5, 5.41) is 23.7. The molecule has 2 spiro atoms. The van der Waals surface area contributed by atoms with Crippen LogP contribution in [0.4, 0.5) is 0 Å². The van der Waals surface area contributed by atoms with Crippen LogP contribution in [0, 0.1) is 50.7 Å². The maximum absolute atomic E-state index is 13.0. The maximum Gasteiger partial charge on any atom is 0.236 e. The molecule has 2 N–H and O–H groups in total. The van der Waals surface area contributed by atoms with Gasteiger partial charge in [-0.25, -0.2) is 0 Å². The third-order valence-electron chi connectivity index (χ3n) is 17.3. The molecular formula is C42H70N2O8. The fourth-order valence-electron chi connectivity index (χ4n) is 14.9. The highest BCUT2D eigenvalue weighted by Gasteiger charge is 2.84. The van der Waals surface area contributed by atoms with E-state index < -0.39 is 17.8 Å². The van der Waals surface area contributed by atoms with Crippen LogP contribution in [-0.2, 0) is 28.5 Å². The number of hydrogen-bond acceptors (Lipinski definition) is 9. The van der Waals surface area contributed by atoms with Crippen LogP contribution in [0.2, 0.25) is 0 Å². The zero-order valence-corrected chi connectivity index (χ0v) is 33.5.